The Kier molecular flexibility index (Phi) is 5.44. The smallest absolute Gasteiger partial charge is 0.254 e. The first-order valence-corrected chi connectivity index (χ1v) is 9.86. The third-order valence-electron chi connectivity index (χ3n) is 5.25. The minimum atomic E-state index is -0.0381. The van der Waals surface area contributed by atoms with Crippen LogP contribution in [0.2, 0.25) is 0 Å². The zero-order valence-electron chi connectivity index (χ0n) is 17.2. The first kappa shape index (κ1) is 19.6. The van der Waals surface area contributed by atoms with E-state index in [1.807, 2.05) is 87.6 Å². The maximum atomic E-state index is 12.9. The van der Waals surface area contributed by atoms with Crippen molar-refractivity contribution in [2.24, 2.45) is 0 Å². The van der Waals surface area contributed by atoms with Crippen LogP contribution in [0.1, 0.15) is 34.5 Å². The highest BCUT2D eigenvalue weighted by Gasteiger charge is 2.19. The summed E-state index contributed by atoms with van der Waals surface area (Å²) in [5, 5.41) is 8.31. The number of hydrogen-bond donors (Lipinski definition) is 0. The molecule has 0 radical (unpaired) electrons. The maximum absolute atomic E-state index is 12.9. The third kappa shape index (κ3) is 4.01. The van der Waals surface area contributed by atoms with Gasteiger partial charge < -0.3 is 9.32 Å². The minimum absolute atomic E-state index is 0.0220. The Balaban J connectivity index is 1.51. The molecule has 30 heavy (non-hydrogen) atoms. The van der Waals surface area contributed by atoms with E-state index in [-0.39, 0.29) is 11.9 Å². The van der Waals surface area contributed by atoms with E-state index in [1.54, 1.807) is 17.0 Å². The van der Waals surface area contributed by atoms with Crippen LogP contribution in [-0.2, 0) is 0 Å². The molecule has 0 aliphatic heterocycles. The van der Waals surface area contributed by atoms with Crippen molar-refractivity contribution in [3.05, 3.63) is 95.6 Å². The van der Waals surface area contributed by atoms with Gasteiger partial charge in [0.1, 0.15) is 0 Å². The summed E-state index contributed by atoms with van der Waals surface area (Å²) in [6.07, 6.45) is 0. The second-order valence-electron chi connectivity index (χ2n) is 7.36. The predicted molar refractivity (Wildman–Crippen MR) is 117 cm³/mol. The van der Waals surface area contributed by atoms with E-state index in [0.29, 0.717) is 17.3 Å². The number of carbonyl (C=O) groups excluding carboxylic acids is 1. The van der Waals surface area contributed by atoms with Gasteiger partial charge in [0.2, 0.25) is 11.8 Å². The van der Waals surface area contributed by atoms with Crippen molar-refractivity contribution < 1.29 is 9.21 Å². The van der Waals surface area contributed by atoms with Crippen LogP contribution in [0, 0.1) is 6.92 Å². The summed E-state index contributed by atoms with van der Waals surface area (Å²) in [4.78, 5) is 14.6. The number of carbonyl (C=O) groups is 1. The lowest BCUT2D eigenvalue weighted by Crippen LogP contribution is -2.29. The molecule has 1 aromatic heterocycles. The minimum Gasteiger partial charge on any atom is -0.416 e. The largest absolute Gasteiger partial charge is 0.416 e. The molecular formula is C25H23N3O2. The van der Waals surface area contributed by atoms with Gasteiger partial charge in [0, 0.05) is 23.7 Å². The lowest BCUT2D eigenvalue weighted by Gasteiger charge is -2.25. The highest BCUT2D eigenvalue weighted by atomic mass is 16.4. The number of aromatic nitrogens is 2. The quantitative estimate of drug-likeness (QED) is 0.443. The Morgan fingerprint density at radius 3 is 2.20 bits per heavy atom. The van der Waals surface area contributed by atoms with Crippen LogP contribution in [0.25, 0.3) is 22.9 Å². The fourth-order valence-corrected chi connectivity index (χ4v) is 3.32. The van der Waals surface area contributed by atoms with Crippen LogP contribution in [0.4, 0.5) is 0 Å². The van der Waals surface area contributed by atoms with Crippen molar-refractivity contribution in [2.75, 3.05) is 7.05 Å². The van der Waals surface area contributed by atoms with Gasteiger partial charge >= 0.3 is 0 Å². The van der Waals surface area contributed by atoms with Crippen molar-refractivity contribution in [1.82, 2.24) is 15.1 Å². The summed E-state index contributed by atoms with van der Waals surface area (Å²) < 4.78 is 5.84. The predicted octanol–water partition coefficient (Wildman–Crippen LogP) is 5.55. The van der Waals surface area contributed by atoms with Gasteiger partial charge in [0.05, 0.1) is 6.04 Å². The molecule has 1 heterocycles. The molecule has 0 N–H and O–H groups in total. The molecule has 3 aromatic carbocycles. The molecule has 1 amide bonds. The Labute approximate surface area is 176 Å². The lowest BCUT2D eigenvalue weighted by atomic mass is 10.1. The molecule has 0 spiro atoms. The highest BCUT2D eigenvalue weighted by molar-refractivity contribution is 5.94. The van der Waals surface area contributed by atoms with Gasteiger partial charge in [-0.3, -0.25) is 4.79 Å². The number of aryl methyl sites for hydroxylation is 1. The molecule has 0 saturated carbocycles. The second kappa shape index (κ2) is 8.33. The van der Waals surface area contributed by atoms with E-state index in [0.717, 1.165) is 22.3 Å². The number of rotatable bonds is 5. The van der Waals surface area contributed by atoms with Crippen LogP contribution < -0.4 is 0 Å². The molecule has 4 rings (SSSR count). The Morgan fingerprint density at radius 2 is 1.53 bits per heavy atom. The summed E-state index contributed by atoms with van der Waals surface area (Å²) in [5.41, 5.74) is 4.50. The van der Waals surface area contributed by atoms with Crippen LogP contribution in [0.5, 0.6) is 0 Å². The molecule has 5 heteroatoms. The standard InChI is InChI=1S/C25H23N3O2/c1-17-8-7-11-22(16-17)24-27-26-23(30-24)20-12-14-21(15-13-20)25(29)28(3)18(2)19-9-5-4-6-10-19/h4-16,18H,1-3H3/t18-/m0/s1. The summed E-state index contributed by atoms with van der Waals surface area (Å²) in [6, 6.07) is 25.1. The first-order valence-electron chi connectivity index (χ1n) is 9.86. The molecule has 150 valence electrons. The molecule has 4 aromatic rings. The molecule has 1 atom stereocenters. The van der Waals surface area contributed by atoms with Crippen molar-refractivity contribution in [3.63, 3.8) is 0 Å². The van der Waals surface area contributed by atoms with Crippen molar-refractivity contribution in [3.8, 4) is 22.9 Å². The van der Waals surface area contributed by atoms with Gasteiger partial charge in [-0.1, -0.05) is 48.0 Å². The van der Waals surface area contributed by atoms with Gasteiger partial charge in [-0.25, -0.2) is 0 Å². The van der Waals surface area contributed by atoms with Gasteiger partial charge in [0.25, 0.3) is 5.91 Å². The second-order valence-corrected chi connectivity index (χ2v) is 7.36. The van der Waals surface area contributed by atoms with Crippen LogP contribution >= 0.6 is 0 Å². The van der Waals surface area contributed by atoms with Gasteiger partial charge in [-0.2, -0.15) is 0 Å². The van der Waals surface area contributed by atoms with E-state index in [9.17, 15) is 4.79 Å². The summed E-state index contributed by atoms with van der Waals surface area (Å²) in [7, 11) is 1.82. The topological polar surface area (TPSA) is 59.2 Å². The van der Waals surface area contributed by atoms with Crippen molar-refractivity contribution in [2.45, 2.75) is 19.9 Å². The molecule has 0 aliphatic carbocycles. The van der Waals surface area contributed by atoms with Crippen LogP contribution in [0.15, 0.2) is 83.3 Å². The molecule has 0 saturated heterocycles. The maximum Gasteiger partial charge on any atom is 0.254 e. The summed E-state index contributed by atoms with van der Waals surface area (Å²) >= 11 is 0. The number of nitrogens with zero attached hydrogens (tertiary/aromatic N) is 3. The molecule has 0 fully saturated rings. The van der Waals surface area contributed by atoms with E-state index in [1.165, 1.54) is 0 Å². The molecule has 0 aliphatic rings. The lowest BCUT2D eigenvalue weighted by molar-refractivity contribution is 0.0742. The van der Waals surface area contributed by atoms with Crippen molar-refractivity contribution >= 4 is 5.91 Å². The SMILES string of the molecule is Cc1cccc(-c2nnc(-c3ccc(C(=O)N(C)[C@@H](C)c4ccccc4)cc3)o2)c1. The zero-order valence-corrected chi connectivity index (χ0v) is 17.2. The summed E-state index contributed by atoms with van der Waals surface area (Å²) in [5.74, 6) is 0.866. The van der Waals surface area contributed by atoms with Crippen LogP contribution in [0.3, 0.4) is 0 Å². The van der Waals surface area contributed by atoms with Gasteiger partial charge in [-0.05, 0) is 55.8 Å². The Hall–Kier alpha value is -3.73. The third-order valence-corrected chi connectivity index (χ3v) is 5.25. The molecule has 0 unspecified atom stereocenters. The van der Waals surface area contributed by atoms with E-state index in [2.05, 4.69) is 10.2 Å². The fourth-order valence-electron chi connectivity index (χ4n) is 3.32. The van der Waals surface area contributed by atoms with E-state index < -0.39 is 0 Å². The fraction of sp³-hybridized carbons (Fsp3) is 0.160. The van der Waals surface area contributed by atoms with E-state index >= 15 is 0 Å². The Bertz CT molecular complexity index is 1150. The molecule has 0 bridgehead atoms. The molecule has 5 nitrogen and oxygen atoms in total. The van der Waals surface area contributed by atoms with Gasteiger partial charge in [-0.15, -0.1) is 10.2 Å². The average molecular weight is 397 g/mol. The Morgan fingerprint density at radius 1 is 0.867 bits per heavy atom. The van der Waals surface area contributed by atoms with Crippen molar-refractivity contribution in [1.29, 1.82) is 0 Å². The monoisotopic (exact) mass is 397 g/mol. The zero-order chi connectivity index (χ0) is 21.1. The van der Waals surface area contributed by atoms with E-state index in [4.69, 9.17) is 4.42 Å². The first-order chi connectivity index (χ1) is 14.5. The highest BCUT2D eigenvalue weighted by Crippen LogP contribution is 2.26. The average Bonchev–Trinajstić information content (AvgIpc) is 3.29. The molecular weight excluding hydrogens is 374 g/mol. The number of amides is 1. The number of benzene rings is 3. The number of hydrogen-bond acceptors (Lipinski definition) is 4. The van der Waals surface area contributed by atoms with Gasteiger partial charge in [0.15, 0.2) is 0 Å². The normalized spacial score (nSPS) is 11.8. The summed E-state index contributed by atoms with van der Waals surface area (Å²) in [6.45, 7) is 4.04. The van der Waals surface area contributed by atoms with Crippen LogP contribution in [-0.4, -0.2) is 28.1 Å².